The van der Waals surface area contributed by atoms with Crippen LogP contribution < -0.4 is 5.32 Å². The molecule has 5 heteroatoms. The molecule has 2 unspecified atom stereocenters. The van der Waals surface area contributed by atoms with Crippen LogP contribution in [0.2, 0.25) is 0 Å². The smallest absolute Gasteiger partial charge is 0.408 e. The summed E-state index contributed by atoms with van der Waals surface area (Å²) in [7, 11) is 0. The summed E-state index contributed by atoms with van der Waals surface area (Å²) in [5.41, 5.74) is 1.13. The molecule has 1 aromatic carbocycles. The molecule has 0 spiro atoms. The molecule has 0 aliphatic heterocycles. The third-order valence-corrected chi connectivity index (χ3v) is 5.01. The number of amides is 1. The molecule has 2 rings (SSSR count). The lowest BCUT2D eigenvalue weighted by atomic mass is 9.83. The van der Waals surface area contributed by atoms with Gasteiger partial charge in [-0.25, -0.2) is 9.59 Å². The summed E-state index contributed by atoms with van der Waals surface area (Å²) in [6, 6.07) is 9.10. The summed E-state index contributed by atoms with van der Waals surface area (Å²) < 4.78 is 5.74. The molecule has 0 saturated heterocycles. The van der Waals surface area contributed by atoms with E-state index in [9.17, 15) is 14.7 Å². The fraction of sp³-hybridized carbons (Fsp3) is 0.619. The predicted octanol–water partition coefficient (Wildman–Crippen LogP) is 4.40. The SMILES string of the molecule is CC(C)CC(NC(=O)OC(Cc1ccccc1)C1CCCCC1)C(=O)O. The van der Waals surface area contributed by atoms with Crippen LogP contribution in [-0.4, -0.2) is 29.3 Å². The third kappa shape index (κ3) is 6.70. The molecule has 0 aromatic heterocycles. The van der Waals surface area contributed by atoms with Gasteiger partial charge < -0.3 is 15.2 Å². The summed E-state index contributed by atoms with van der Waals surface area (Å²) in [6.07, 6.45) is 5.88. The normalized spacial score (nSPS) is 17.5. The number of carbonyl (C=O) groups is 2. The first-order valence-electron chi connectivity index (χ1n) is 9.69. The lowest BCUT2D eigenvalue weighted by Crippen LogP contribution is -2.44. The molecule has 1 aliphatic carbocycles. The molecular weight excluding hydrogens is 330 g/mol. The number of carbonyl (C=O) groups excluding carboxylic acids is 1. The first-order valence-corrected chi connectivity index (χ1v) is 9.69. The van der Waals surface area contributed by atoms with Crippen LogP contribution in [0.4, 0.5) is 4.79 Å². The highest BCUT2D eigenvalue weighted by atomic mass is 16.6. The van der Waals surface area contributed by atoms with E-state index in [1.54, 1.807) is 0 Å². The van der Waals surface area contributed by atoms with Crippen LogP contribution in [0.1, 0.15) is 57.9 Å². The molecule has 144 valence electrons. The maximum Gasteiger partial charge on any atom is 0.408 e. The Bertz CT molecular complexity index is 567. The Morgan fingerprint density at radius 3 is 2.38 bits per heavy atom. The number of aliphatic carboxylic acids is 1. The van der Waals surface area contributed by atoms with Crippen molar-refractivity contribution in [3.63, 3.8) is 0 Å². The van der Waals surface area contributed by atoms with Crippen molar-refractivity contribution in [1.29, 1.82) is 0 Å². The molecule has 0 bridgehead atoms. The summed E-state index contributed by atoms with van der Waals surface area (Å²) in [6.45, 7) is 3.87. The van der Waals surface area contributed by atoms with Crippen LogP contribution >= 0.6 is 0 Å². The van der Waals surface area contributed by atoms with Gasteiger partial charge in [0.2, 0.25) is 0 Å². The number of rotatable bonds is 8. The zero-order chi connectivity index (χ0) is 18.9. The van der Waals surface area contributed by atoms with Crippen molar-refractivity contribution in [2.75, 3.05) is 0 Å². The maximum absolute atomic E-state index is 12.4. The standard InChI is InChI=1S/C21H31NO4/c1-15(2)13-18(20(23)24)22-21(25)26-19(17-11-7-4-8-12-17)14-16-9-5-3-6-10-16/h3,5-6,9-10,15,17-19H,4,7-8,11-14H2,1-2H3,(H,22,25)(H,23,24). The van der Waals surface area contributed by atoms with Crippen molar-refractivity contribution in [2.45, 2.75) is 70.9 Å². The second-order valence-corrected chi connectivity index (χ2v) is 7.70. The number of carboxylic acids is 1. The molecule has 0 radical (unpaired) electrons. The average Bonchev–Trinajstić information content (AvgIpc) is 2.62. The fourth-order valence-electron chi connectivity index (χ4n) is 3.66. The van der Waals surface area contributed by atoms with Crippen LogP contribution in [0.3, 0.4) is 0 Å². The van der Waals surface area contributed by atoms with Crippen molar-refractivity contribution < 1.29 is 19.4 Å². The first kappa shape index (κ1) is 20.3. The number of nitrogens with one attached hydrogen (secondary N) is 1. The van der Waals surface area contributed by atoms with E-state index >= 15 is 0 Å². The van der Waals surface area contributed by atoms with E-state index in [1.807, 2.05) is 44.2 Å². The summed E-state index contributed by atoms with van der Waals surface area (Å²) in [4.78, 5) is 23.8. The minimum Gasteiger partial charge on any atom is -0.480 e. The van der Waals surface area contributed by atoms with Gasteiger partial charge in [0.25, 0.3) is 0 Å². The van der Waals surface area contributed by atoms with Gasteiger partial charge in [-0.05, 0) is 36.7 Å². The molecule has 0 heterocycles. The minimum atomic E-state index is -1.02. The Morgan fingerprint density at radius 2 is 1.81 bits per heavy atom. The largest absolute Gasteiger partial charge is 0.480 e. The molecule has 1 aliphatic rings. The number of carboxylic acid groups (broad SMARTS) is 1. The van der Waals surface area contributed by atoms with Gasteiger partial charge in [-0.15, -0.1) is 0 Å². The average molecular weight is 361 g/mol. The third-order valence-electron chi connectivity index (χ3n) is 5.01. The van der Waals surface area contributed by atoms with Gasteiger partial charge in [0.15, 0.2) is 0 Å². The molecule has 2 atom stereocenters. The van der Waals surface area contributed by atoms with Crippen LogP contribution in [0, 0.1) is 11.8 Å². The number of alkyl carbamates (subject to hydrolysis) is 1. The molecule has 1 amide bonds. The highest BCUT2D eigenvalue weighted by Crippen LogP contribution is 2.30. The van der Waals surface area contributed by atoms with Gasteiger partial charge in [-0.1, -0.05) is 63.4 Å². The molecule has 1 saturated carbocycles. The van der Waals surface area contributed by atoms with E-state index in [4.69, 9.17) is 4.74 Å². The van der Waals surface area contributed by atoms with Gasteiger partial charge >= 0.3 is 12.1 Å². The van der Waals surface area contributed by atoms with Crippen LogP contribution in [-0.2, 0) is 16.0 Å². The summed E-state index contributed by atoms with van der Waals surface area (Å²) in [5.74, 6) is -0.508. The van der Waals surface area contributed by atoms with E-state index < -0.39 is 18.1 Å². The minimum absolute atomic E-state index is 0.176. The predicted molar refractivity (Wildman–Crippen MR) is 101 cm³/mol. The van der Waals surface area contributed by atoms with Crippen molar-refractivity contribution in [3.8, 4) is 0 Å². The van der Waals surface area contributed by atoms with Gasteiger partial charge in [0.05, 0.1) is 0 Å². The molecule has 26 heavy (non-hydrogen) atoms. The molecule has 1 fully saturated rings. The van der Waals surface area contributed by atoms with E-state index in [-0.39, 0.29) is 12.0 Å². The Hall–Kier alpha value is -2.04. The van der Waals surface area contributed by atoms with E-state index in [1.165, 1.54) is 6.42 Å². The molecule has 5 nitrogen and oxygen atoms in total. The zero-order valence-electron chi connectivity index (χ0n) is 15.8. The maximum atomic E-state index is 12.4. The van der Waals surface area contributed by atoms with Gasteiger partial charge in [0, 0.05) is 6.42 Å². The van der Waals surface area contributed by atoms with Crippen LogP contribution in [0.5, 0.6) is 0 Å². The number of ether oxygens (including phenoxy) is 1. The van der Waals surface area contributed by atoms with Crippen LogP contribution in [0.25, 0.3) is 0 Å². The fourth-order valence-corrected chi connectivity index (χ4v) is 3.66. The second kappa shape index (κ2) is 10.2. The summed E-state index contributed by atoms with van der Waals surface area (Å²) in [5, 5.41) is 11.9. The number of benzene rings is 1. The highest BCUT2D eigenvalue weighted by molar-refractivity contribution is 5.79. The van der Waals surface area contributed by atoms with E-state index in [2.05, 4.69) is 5.32 Å². The summed E-state index contributed by atoms with van der Waals surface area (Å²) >= 11 is 0. The monoisotopic (exact) mass is 361 g/mol. The molecule has 1 aromatic rings. The topological polar surface area (TPSA) is 75.6 Å². The van der Waals surface area contributed by atoms with E-state index in [0.29, 0.717) is 18.8 Å². The molecular formula is C21H31NO4. The molecule has 2 N–H and O–H groups in total. The van der Waals surface area contributed by atoms with Crippen molar-refractivity contribution in [1.82, 2.24) is 5.32 Å². The van der Waals surface area contributed by atoms with Gasteiger partial charge in [0.1, 0.15) is 12.1 Å². The van der Waals surface area contributed by atoms with Crippen LogP contribution in [0.15, 0.2) is 30.3 Å². The lowest BCUT2D eigenvalue weighted by molar-refractivity contribution is -0.139. The Labute approximate surface area is 156 Å². The lowest BCUT2D eigenvalue weighted by Gasteiger charge is -2.30. The Kier molecular flexibility index (Phi) is 7.95. The first-order chi connectivity index (χ1) is 12.5. The van der Waals surface area contributed by atoms with Gasteiger partial charge in [-0.2, -0.15) is 0 Å². The van der Waals surface area contributed by atoms with E-state index in [0.717, 1.165) is 31.2 Å². The Morgan fingerprint density at radius 1 is 1.15 bits per heavy atom. The highest BCUT2D eigenvalue weighted by Gasteiger charge is 2.29. The van der Waals surface area contributed by atoms with Crippen molar-refractivity contribution >= 4 is 12.1 Å². The van der Waals surface area contributed by atoms with Crippen molar-refractivity contribution in [2.24, 2.45) is 11.8 Å². The quantitative estimate of drug-likeness (QED) is 0.719. The Balaban J connectivity index is 2.02. The van der Waals surface area contributed by atoms with Gasteiger partial charge in [-0.3, -0.25) is 0 Å². The van der Waals surface area contributed by atoms with Crippen molar-refractivity contribution in [3.05, 3.63) is 35.9 Å². The second-order valence-electron chi connectivity index (χ2n) is 7.70. The number of hydrogen-bond acceptors (Lipinski definition) is 3. The number of hydrogen-bond donors (Lipinski definition) is 2. The zero-order valence-corrected chi connectivity index (χ0v) is 15.8.